The van der Waals surface area contributed by atoms with Gasteiger partial charge >= 0.3 is 0 Å². The minimum atomic E-state index is -2.80. The van der Waals surface area contributed by atoms with Crippen molar-refractivity contribution in [2.24, 2.45) is 0 Å². The predicted octanol–water partition coefficient (Wildman–Crippen LogP) is 3.79. The number of benzene rings is 1. The molecule has 1 aliphatic rings. The lowest BCUT2D eigenvalue weighted by molar-refractivity contribution is 0.0937. The fourth-order valence-electron chi connectivity index (χ4n) is 4.38. The molecular weight excluding hydrogens is 515 g/mol. The second-order valence-corrected chi connectivity index (χ2v) is 10.3. The Morgan fingerprint density at radius 1 is 1.21 bits per heavy atom. The summed E-state index contributed by atoms with van der Waals surface area (Å²) >= 11 is 0. The molecule has 1 saturated heterocycles. The van der Waals surface area contributed by atoms with Crippen LogP contribution in [-0.4, -0.2) is 63.4 Å². The highest BCUT2D eigenvalue weighted by atomic mass is 19.3. The van der Waals surface area contributed by atoms with Gasteiger partial charge in [-0.15, -0.1) is 0 Å². The van der Waals surface area contributed by atoms with Crippen molar-refractivity contribution in [3.8, 4) is 11.3 Å². The number of fused-ring (bicyclic) bond motifs is 1. The van der Waals surface area contributed by atoms with Crippen molar-refractivity contribution in [3.63, 3.8) is 0 Å². The number of alkyl halides is 2. The summed E-state index contributed by atoms with van der Waals surface area (Å²) in [5.74, 6) is -1.41. The van der Waals surface area contributed by atoms with Gasteiger partial charge in [0.2, 0.25) is 12.3 Å². The number of amides is 1. The van der Waals surface area contributed by atoms with Gasteiger partial charge in [0.25, 0.3) is 11.7 Å². The topological polar surface area (TPSA) is 111 Å². The van der Waals surface area contributed by atoms with E-state index in [1.807, 2.05) is 33.0 Å². The molecular formula is C26H28F3N7O3. The second kappa shape index (κ2) is 10.6. The average molecular weight is 544 g/mol. The number of hydrogen-bond donors (Lipinski definition) is 1. The van der Waals surface area contributed by atoms with Crippen LogP contribution in [-0.2, 0) is 23.1 Å². The average Bonchev–Trinajstić information content (AvgIpc) is 3.57. The van der Waals surface area contributed by atoms with E-state index in [4.69, 9.17) is 9.26 Å². The molecule has 0 spiro atoms. The Bertz CT molecular complexity index is 1490. The number of halogens is 3. The van der Waals surface area contributed by atoms with Crippen molar-refractivity contribution in [1.29, 1.82) is 0 Å². The van der Waals surface area contributed by atoms with Gasteiger partial charge in [-0.1, -0.05) is 32.0 Å². The summed E-state index contributed by atoms with van der Waals surface area (Å²) in [6, 6.07) is 4.83. The van der Waals surface area contributed by atoms with E-state index in [-0.39, 0.29) is 40.6 Å². The summed E-state index contributed by atoms with van der Waals surface area (Å²) in [5.41, 5.74) is 1.30. The van der Waals surface area contributed by atoms with Gasteiger partial charge in [-0.25, -0.2) is 22.7 Å². The molecule has 0 radical (unpaired) electrons. The Morgan fingerprint density at radius 3 is 2.67 bits per heavy atom. The highest BCUT2D eigenvalue weighted by molar-refractivity contribution is 5.90. The summed E-state index contributed by atoms with van der Waals surface area (Å²) in [7, 11) is 0. The van der Waals surface area contributed by atoms with Gasteiger partial charge in [-0.3, -0.25) is 4.79 Å². The van der Waals surface area contributed by atoms with Crippen LogP contribution in [0.4, 0.5) is 18.9 Å². The molecule has 0 unspecified atom stereocenters. The molecule has 0 aliphatic carbocycles. The number of carbonyl (C=O) groups excluding carboxylic acids is 1. The fourth-order valence-corrected chi connectivity index (χ4v) is 4.38. The van der Waals surface area contributed by atoms with Crippen LogP contribution in [0.2, 0.25) is 0 Å². The van der Waals surface area contributed by atoms with Gasteiger partial charge in [0.05, 0.1) is 30.6 Å². The minimum absolute atomic E-state index is 0.0627. The number of nitrogens with one attached hydrogen (secondary N) is 1. The number of hydrogen-bond acceptors (Lipinski definition) is 8. The van der Waals surface area contributed by atoms with E-state index in [9.17, 15) is 13.6 Å². The molecule has 39 heavy (non-hydrogen) atoms. The number of rotatable bonds is 7. The quantitative estimate of drug-likeness (QED) is 0.375. The van der Waals surface area contributed by atoms with Crippen molar-refractivity contribution < 1.29 is 27.2 Å². The summed E-state index contributed by atoms with van der Waals surface area (Å²) < 4.78 is 55.0. The molecule has 0 saturated carbocycles. The Morgan fingerprint density at radius 2 is 1.97 bits per heavy atom. The van der Waals surface area contributed by atoms with Crippen LogP contribution in [0.3, 0.4) is 0 Å². The Kier molecular flexibility index (Phi) is 7.25. The molecule has 10 nitrogen and oxygen atoms in total. The van der Waals surface area contributed by atoms with Crippen molar-refractivity contribution in [2.45, 2.75) is 45.6 Å². The molecule has 1 aliphatic heterocycles. The molecule has 13 heteroatoms. The van der Waals surface area contributed by atoms with Gasteiger partial charge in [-0.05, 0) is 23.3 Å². The first-order valence-corrected chi connectivity index (χ1v) is 12.5. The number of anilines is 1. The van der Waals surface area contributed by atoms with Crippen LogP contribution >= 0.6 is 0 Å². The molecule has 3 aromatic heterocycles. The zero-order chi connectivity index (χ0) is 27.7. The Labute approximate surface area is 222 Å². The lowest BCUT2D eigenvalue weighted by atomic mass is 9.97. The summed E-state index contributed by atoms with van der Waals surface area (Å²) in [5, 5.41) is 10.5. The first kappa shape index (κ1) is 26.6. The Hall–Kier alpha value is -4.00. The van der Waals surface area contributed by atoms with Crippen LogP contribution in [0, 0.1) is 5.82 Å². The molecule has 206 valence electrons. The number of morpholine rings is 1. The largest absolute Gasteiger partial charge is 0.378 e. The number of aromatic nitrogens is 5. The van der Waals surface area contributed by atoms with Gasteiger partial charge in [0.1, 0.15) is 17.8 Å². The van der Waals surface area contributed by atoms with E-state index < -0.39 is 30.0 Å². The van der Waals surface area contributed by atoms with E-state index in [1.165, 1.54) is 18.5 Å². The van der Waals surface area contributed by atoms with Gasteiger partial charge in [-0.2, -0.15) is 10.1 Å². The highest BCUT2D eigenvalue weighted by Gasteiger charge is 2.25. The van der Waals surface area contributed by atoms with E-state index in [0.717, 1.165) is 5.69 Å². The molecule has 1 N–H and O–H groups in total. The van der Waals surface area contributed by atoms with Crippen molar-refractivity contribution in [1.82, 2.24) is 30.1 Å². The van der Waals surface area contributed by atoms with E-state index in [1.54, 1.807) is 4.52 Å². The summed E-state index contributed by atoms with van der Waals surface area (Å²) in [6.45, 7) is 7.95. The maximum absolute atomic E-state index is 15.9. The molecule has 1 fully saturated rings. The maximum Gasteiger partial charge on any atom is 0.292 e. The highest BCUT2D eigenvalue weighted by Crippen LogP contribution is 2.32. The molecule has 5 rings (SSSR count). The zero-order valence-corrected chi connectivity index (χ0v) is 21.7. The van der Waals surface area contributed by atoms with Gasteiger partial charge in [0.15, 0.2) is 0 Å². The first-order valence-electron chi connectivity index (χ1n) is 12.5. The SMILES string of the molecule is CC(C)(C)c1nc(C(=O)NCc2ccc(-c3ncnn4cc(N5CCOCC5)cc34)c(F)c2CC(F)F)no1. The molecule has 0 atom stereocenters. The van der Waals surface area contributed by atoms with Crippen LogP contribution in [0.15, 0.2) is 35.2 Å². The maximum atomic E-state index is 15.9. The van der Waals surface area contributed by atoms with Crippen LogP contribution in [0.1, 0.15) is 48.4 Å². The molecule has 1 amide bonds. The van der Waals surface area contributed by atoms with Crippen LogP contribution in [0.5, 0.6) is 0 Å². The monoisotopic (exact) mass is 543 g/mol. The summed E-state index contributed by atoms with van der Waals surface area (Å²) in [4.78, 5) is 23.1. The zero-order valence-electron chi connectivity index (χ0n) is 21.7. The predicted molar refractivity (Wildman–Crippen MR) is 135 cm³/mol. The molecule has 1 aromatic carbocycles. The lowest BCUT2D eigenvalue weighted by Gasteiger charge is -2.27. The normalized spacial score (nSPS) is 14.4. The fraction of sp³-hybridized carbons (Fsp3) is 0.423. The van der Waals surface area contributed by atoms with Crippen molar-refractivity contribution in [2.75, 3.05) is 31.2 Å². The van der Waals surface area contributed by atoms with E-state index in [0.29, 0.717) is 31.8 Å². The minimum Gasteiger partial charge on any atom is -0.378 e. The number of carbonyl (C=O) groups is 1. The van der Waals surface area contributed by atoms with E-state index in [2.05, 4.69) is 30.4 Å². The van der Waals surface area contributed by atoms with Crippen LogP contribution in [0.25, 0.3) is 16.8 Å². The first-order chi connectivity index (χ1) is 18.6. The van der Waals surface area contributed by atoms with E-state index >= 15 is 4.39 Å². The molecule has 4 aromatic rings. The standard InChI is InChI=1S/C26H28F3N7O3/c1-26(2,3)25-33-23(34-39-25)24(37)30-12-15-4-5-17(21(29)18(15)11-20(27)28)22-19-10-16(13-36(19)32-14-31-22)35-6-8-38-9-7-35/h4-5,10,13-14,20H,6-9,11-12H2,1-3H3,(H,30,37). The third kappa shape index (κ3) is 5.58. The second-order valence-electron chi connectivity index (χ2n) is 10.3. The summed E-state index contributed by atoms with van der Waals surface area (Å²) in [6.07, 6.45) is -0.524. The van der Waals surface area contributed by atoms with Crippen LogP contribution < -0.4 is 10.2 Å². The van der Waals surface area contributed by atoms with Gasteiger partial charge < -0.3 is 19.5 Å². The van der Waals surface area contributed by atoms with Crippen molar-refractivity contribution in [3.05, 3.63) is 59.4 Å². The number of nitrogens with zero attached hydrogens (tertiary/aromatic N) is 6. The third-order valence-electron chi connectivity index (χ3n) is 6.43. The lowest BCUT2D eigenvalue weighted by Crippen LogP contribution is -2.35. The Balaban J connectivity index is 1.44. The third-order valence-corrected chi connectivity index (χ3v) is 6.43. The number of ether oxygens (including phenoxy) is 1. The van der Waals surface area contributed by atoms with Gasteiger partial charge in [0, 0.05) is 37.0 Å². The molecule has 4 heterocycles. The molecule has 0 bridgehead atoms. The van der Waals surface area contributed by atoms with Crippen molar-refractivity contribution >= 4 is 17.1 Å². The smallest absolute Gasteiger partial charge is 0.292 e.